The zero-order valence-corrected chi connectivity index (χ0v) is 11.7. The van der Waals surface area contributed by atoms with Crippen molar-refractivity contribution in [3.05, 3.63) is 73.8 Å². The van der Waals surface area contributed by atoms with Gasteiger partial charge < -0.3 is 5.11 Å². The standard InChI is InChI=1S/C14H12N4O5/c19-9-11-3-1-2-10(6-11)8-15-16-13-5-4-12(17(20)21)7-14(13)18(22)23/h1-8,16,19H,9H2/b15-8+. The number of benzene rings is 2. The van der Waals surface area contributed by atoms with Crippen LogP contribution >= 0.6 is 0 Å². The van der Waals surface area contributed by atoms with Crippen LogP contribution in [0.25, 0.3) is 0 Å². The lowest BCUT2D eigenvalue weighted by molar-refractivity contribution is -0.393. The summed E-state index contributed by atoms with van der Waals surface area (Å²) in [6.45, 7) is -0.108. The number of hydrogen-bond acceptors (Lipinski definition) is 7. The SMILES string of the molecule is O=[N+]([O-])c1ccc(N/N=C/c2cccc(CO)c2)c([N+](=O)[O-])c1. The van der Waals surface area contributed by atoms with Crippen molar-refractivity contribution in [2.75, 3.05) is 5.43 Å². The van der Waals surface area contributed by atoms with Gasteiger partial charge in [-0.05, 0) is 23.3 Å². The van der Waals surface area contributed by atoms with Crippen molar-refractivity contribution in [1.82, 2.24) is 0 Å². The molecule has 0 aliphatic rings. The van der Waals surface area contributed by atoms with Crippen molar-refractivity contribution >= 4 is 23.3 Å². The molecular weight excluding hydrogens is 304 g/mol. The summed E-state index contributed by atoms with van der Waals surface area (Å²) in [5.74, 6) is 0. The van der Waals surface area contributed by atoms with Crippen LogP contribution in [-0.2, 0) is 6.61 Å². The molecule has 0 saturated carbocycles. The Hall–Kier alpha value is -3.33. The molecule has 118 valence electrons. The molecule has 0 unspecified atom stereocenters. The van der Waals surface area contributed by atoms with Gasteiger partial charge in [-0.25, -0.2) is 0 Å². The molecule has 0 heterocycles. The monoisotopic (exact) mass is 316 g/mol. The third kappa shape index (κ3) is 4.08. The molecule has 0 bridgehead atoms. The Bertz CT molecular complexity index is 776. The van der Waals surface area contributed by atoms with E-state index in [0.717, 1.165) is 12.1 Å². The van der Waals surface area contributed by atoms with Crippen molar-refractivity contribution in [2.45, 2.75) is 6.61 Å². The summed E-state index contributed by atoms with van der Waals surface area (Å²) in [7, 11) is 0. The Balaban J connectivity index is 2.20. The van der Waals surface area contributed by atoms with Gasteiger partial charge in [0.05, 0.1) is 28.7 Å². The van der Waals surface area contributed by atoms with Crippen LogP contribution in [0.4, 0.5) is 17.1 Å². The lowest BCUT2D eigenvalue weighted by Crippen LogP contribution is -1.98. The predicted octanol–water partition coefficient (Wildman–Crippen LogP) is 2.44. The summed E-state index contributed by atoms with van der Waals surface area (Å²) in [6, 6.07) is 10.2. The van der Waals surface area contributed by atoms with Gasteiger partial charge in [0.15, 0.2) is 0 Å². The summed E-state index contributed by atoms with van der Waals surface area (Å²) in [5, 5.41) is 34.6. The zero-order valence-electron chi connectivity index (χ0n) is 11.7. The molecule has 2 aromatic rings. The van der Waals surface area contributed by atoms with Gasteiger partial charge in [0.25, 0.3) is 5.69 Å². The molecule has 0 fully saturated rings. The number of nitrogens with zero attached hydrogens (tertiary/aromatic N) is 3. The largest absolute Gasteiger partial charge is 0.392 e. The second-order valence-corrected chi connectivity index (χ2v) is 4.49. The first-order chi connectivity index (χ1) is 11.0. The highest BCUT2D eigenvalue weighted by Crippen LogP contribution is 2.28. The Morgan fingerprint density at radius 1 is 1.13 bits per heavy atom. The van der Waals surface area contributed by atoms with Crippen LogP contribution in [0.2, 0.25) is 0 Å². The maximum atomic E-state index is 11.0. The summed E-state index contributed by atoms with van der Waals surface area (Å²) in [6.07, 6.45) is 1.42. The number of nitrogens with one attached hydrogen (secondary N) is 1. The van der Waals surface area contributed by atoms with Gasteiger partial charge in [-0.1, -0.05) is 18.2 Å². The minimum Gasteiger partial charge on any atom is -0.392 e. The summed E-state index contributed by atoms with van der Waals surface area (Å²) >= 11 is 0. The maximum absolute atomic E-state index is 11.0. The van der Waals surface area contributed by atoms with E-state index < -0.39 is 15.5 Å². The summed E-state index contributed by atoms with van der Waals surface area (Å²) in [4.78, 5) is 20.2. The number of anilines is 1. The van der Waals surface area contributed by atoms with Crippen LogP contribution in [0.15, 0.2) is 47.6 Å². The van der Waals surface area contributed by atoms with Crippen molar-refractivity contribution in [3.8, 4) is 0 Å². The highest BCUT2D eigenvalue weighted by atomic mass is 16.6. The fraction of sp³-hybridized carbons (Fsp3) is 0.0714. The van der Waals surface area contributed by atoms with Crippen molar-refractivity contribution < 1.29 is 15.0 Å². The molecule has 0 saturated heterocycles. The normalized spacial score (nSPS) is 10.7. The van der Waals surface area contributed by atoms with E-state index in [0.29, 0.717) is 11.1 Å². The number of aliphatic hydroxyl groups excluding tert-OH is 1. The van der Waals surface area contributed by atoms with Gasteiger partial charge in [-0.3, -0.25) is 25.7 Å². The van der Waals surface area contributed by atoms with Gasteiger partial charge in [-0.2, -0.15) is 5.10 Å². The molecule has 2 aromatic carbocycles. The fourth-order valence-corrected chi connectivity index (χ4v) is 1.83. The lowest BCUT2D eigenvalue weighted by atomic mass is 10.1. The summed E-state index contributed by atoms with van der Waals surface area (Å²) < 4.78 is 0. The third-order valence-electron chi connectivity index (χ3n) is 2.92. The van der Waals surface area contributed by atoms with Gasteiger partial charge in [0.2, 0.25) is 0 Å². The second kappa shape index (κ2) is 7.09. The first kappa shape index (κ1) is 16.0. The van der Waals surface area contributed by atoms with Crippen molar-refractivity contribution in [1.29, 1.82) is 0 Å². The Morgan fingerprint density at radius 2 is 1.91 bits per heavy atom. The molecule has 0 radical (unpaired) electrons. The lowest BCUT2D eigenvalue weighted by Gasteiger charge is -2.02. The van der Waals surface area contributed by atoms with E-state index in [1.807, 2.05) is 0 Å². The van der Waals surface area contributed by atoms with Crippen LogP contribution in [-0.4, -0.2) is 21.2 Å². The van der Waals surface area contributed by atoms with Gasteiger partial charge in [0, 0.05) is 6.07 Å². The molecule has 9 heteroatoms. The number of aliphatic hydroxyl groups is 1. The Kier molecular flexibility index (Phi) is 4.95. The first-order valence-corrected chi connectivity index (χ1v) is 6.43. The summed E-state index contributed by atoms with van der Waals surface area (Å²) in [5.41, 5.74) is 3.10. The molecule has 0 atom stereocenters. The number of hydrogen-bond donors (Lipinski definition) is 2. The molecule has 0 amide bonds. The van der Waals surface area contributed by atoms with Crippen LogP contribution in [0.1, 0.15) is 11.1 Å². The first-order valence-electron chi connectivity index (χ1n) is 6.43. The quantitative estimate of drug-likeness (QED) is 0.478. The Morgan fingerprint density at radius 3 is 2.57 bits per heavy atom. The zero-order chi connectivity index (χ0) is 16.8. The number of hydrazone groups is 1. The number of non-ortho nitro benzene ring substituents is 1. The average Bonchev–Trinajstić information content (AvgIpc) is 2.55. The number of rotatable bonds is 6. The minimum atomic E-state index is -0.725. The van der Waals surface area contributed by atoms with E-state index >= 15 is 0 Å². The molecule has 0 aromatic heterocycles. The average molecular weight is 316 g/mol. The molecule has 0 aliphatic heterocycles. The Labute approximate surface area is 130 Å². The highest BCUT2D eigenvalue weighted by Gasteiger charge is 2.18. The second-order valence-electron chi connectivity index (χ2n) is 4.49. The molecule has 2 rings (SSSR count). The predicted molar refractivity (Wildman–Crippen MR) is 83.3 cm³/mol. The minimum absolute atomic E-state index is 0.0372. The van der Waals surface area contributed by atoms with Crippen LogP contribution in [0.5, 0.6) is 0 Å². The molecule has 0 spiro atoms. The van der Waals surface area contributed by atoms with Crippen molar-refractivity contribution in [2.24, 2.45) is 5.10 Å². The van der Waals surface area contributed by atoms with E-state index in [-0.39, 0.29) is 18.0 Å². The molecule has 9 nitrogen and oxygen atoms in total. The van der Waals surface area contributed by atoms with Crippen molar-refractivity contribution in [3.63, 3.8) is 0 Å². The van der Waals surface area contributed by atoms with Gasteiger partial charge in [-0.15, -0.1) is 0 Å². The van der Waals surface area contributed by atoms with E-state index in [4.69, 9.17) is 5.11 Å². The van der Waals surface area contributed by atoms with Crippen LogP contribution in [0.3, 0.4) is 0 Å². The van der Waals surface area contributed by atoms with Crippen LogP contribution < -0.4 is 5.43 Å². The smallest absolute Gasteiger partial charge is 0.301 e. The topological polar surface area (TPSA) is 131 Å². The van der Waals surface area contributed by atoms with E-state index in [9.17, 15) is 20.2 Å². The molecular formula is C14H12N4O5. The number of nitro benzene ring substituents is 2. The van der Waals surface area contributed by atoms with Gasteiger partial charge in [0.1, 0.15) is 5.69 Å². The van der Waals surface area contributed by atoms with Gasteiger partial charge >= 0.3 is 5.69 Å². The highest BCUT2D eigenvalue weighted by molar-refractivity contribution is 5.81. The van der Waals surface area contributed by atoms with Crippen LogP contribution in [0, 0.1) is 20.2 Å². The third-order valence-corrected chi connectivity index (χ3v) is 2.92. The van der Waals surface area contributed by atoms with E-state index in [1.54, 1.807) is 24.3 Å². The molecule has 2 N–H and O–H groups in total. The van der Waals surface area contributed by atoms with E-state index in [1.165, 1.54) is 12.3 Å². The number of nitro groups is 2. The fourth-order valence-electron chi connectivity index (χ4n) is 1.83. The molecule has 23 heavy (non-hydrogen) atoms. The molecule has 0 aliphatic carbocycles. The maximum Gasteiger partial charge on any atom is 0.301 e. The van der Waals surface area contributed by atoms with E-state index in [2.05, 4.69) is 10.5 Å².